The highest BCUT2D eigenvalue weighted by molar-refractivity contribution is 8.19. The van der Waals surface area contributed by atoms with Crippen LogP contribution >= 0.6 is 23.4 Å². The first kappa shape index (κ1) is 13.9. The lowest BCUT2D eigenvalue weighted by Crippen LogP contribution is -2.27. The van der Waals surface area contributed by atoms with E-state index in [1.807, 2.05) is 30.3 Å². The van der Waals surface area contributed by atoms with Gasteiger partial charge in [0.25, 0.3) is 11.1 Å². The molecule has 1 aliphatic heterocycles. The Morgan fingerprint density at radius 1 is 1.00 bits per heavy atom. The maximum atomic E-state index is 12.4. The Morgan fingerprint density at radius 2 is 1.76 bits per heavy atom. The third kappa shape index (κ3) is 2.86. The number of imide groups is 1. The fourth-order valence-corrected chi connectivity index (χ4v) is 3.03. The number of halogens is 1. The van der Waals surface area contributed by atoms with Gasteiger partial charge in [-0.05, 0) is 41.6 Å². The van der Waals surface area contributed by atoms with E-state index in [-0.39, 0.29) is 11.1 Å². The summed E-state index contributed by atoms with van der Waals surface area (Å²) < 4.78 is 0. The minimum Gasteiger partial charge on any atom is -0.268 e. The lowest BCUT2D eigenvalue weighted by Gasteiger charge is -2.12. The van der Waals surface area contributed by atoms with Crippen LogP contribution in [0.1, 0.15) is 5.56 Å². The first-order chi connectivity index (χ1) is 10.1. The van der Waals surface area contributed by atoms with E-state index in [4.69, 9.17) is 11.6 Å². The van der Waals surface area contributed by atoms with Crippen LogP contribution in [-0.4, -0.2) is 11.1 Å². The van der Waals surface area contributed by atoms with Crippen LogP contribution in [0.2, 0.25) is 5.02 Å². The van der Waals surface area contributed by atoms with E-state index in [0.29, 0.717) is 15.6 Å². The van der Waals surface area contributed by atoms with E-state index < -0.39 is 0 Å². The number of carbonyl (C=O) groups is 2. The summed E-state index contributed by atoms with van der Waals surface area (Å²) in [5.74, 6) is -0.323. The van der Waals surface area contributed by atoms with Crippen LogP contribution in [0.3, 0.4) is 0 Å². The molecule has 0 unspecified atom stereocenters. The molecule has 104 valence electrons. The lowest BCUT2D eigenvalue weighted by atomic mass is 10.2. The first-order valence-corrected chi connectivity index (χ1v) is 7.43. The summed E-state index contributed by atoms with van der Waals surface area (Å²) in [5.41, 5.74) is 1.37. The Kier molecular flexibility index (Phi) is 3.82. The molecule has 21 heavy (non-hydrogen) atoms. The zero-order valence-corrected chi connectivity index (χ0v) is 12.4. The molecule has 0 spiro atoms. The van der Waals surface area contributed by atoms with E-state index in [1.165, 1.54) is 0 Å². The zero-order valence-electron chi connectivity index (χ0n) is 10.8. The van der Waals surface area contributed by atoms with Crippen molar-refractivity contribution in [3.05, 3.63) is 70.1 Å². The van der Waals surface area contributed by atoms with Gasteiger partial charge in [-0.1, -0.05) is 48.0 Å². The summed E-state index contributed by atoms with van der Waals surface area (Å²) in [4.78, 5) is 26.0. The van der Waals surface area contributed by atoms with Gasteiger partial charge in [0.2, 0.25) is 0 Å². The number of thioether (sulfide) groups is 1. The topological polar surface area (TPSA) is 37.4 Å². The molecule has 5 heteroatoms. The van der Waals surface area contributed by atoms with Gasteiger partial charge in [0.15, 0.2) is 0 Å². The van der Waals surface area contributed by atoms with Crippen LogP contribution in [0, 0.1) is 0 Å². The maximum Gasteiger partial charge on any atom is 0.298 e. The number of anilines is 1. The smallest absolute Gasteiger partial charge is 0.268 e. The van der Waals surface area contributed by atoms with E-state index in [2.05, 4.69) is 0 Å². The first-order valence-electron chi connectivity index (χ1n) is 6.24. The normalized spacial score (nSPS) is 16.8. The molecule has 0 bridgehead atoms. The molecule has 3 nitrogen and oxygen atoms in total. The largest absolute Gasteiger partial charge is 0.298 e. The van der Waals surface area contributed by atoms with Crippen LogP contribution in [0.25, 0.3) is 6.08 Å². The Morgan fingerprint density at radius 3 is 2.48 bits per heavy atom. The van der Waals surface area contributed by atoms with Crippen molar-refractivity contribution in [1.82, 2.24) is 0 Å². The van der Waals surface area contributed by atoms with Crippen molar-refractivity contribution < 1.29 is 9.59 Å². The highest BCUT2D eigenvalue weighted by Crippen LogP contribution is 2.36. The summed E-state index contributed by atoms with van der Waals surface area (Å²) in [6, 6.07) is 16.1. The van der Waals surface area contributed by atoms with Gasteiger partial charge in [-0.25, -0.2) is 4.90 Å². The fourth-order valence-electron chi connectivity index (χ4n) is 2.01. The predicted molar refractivity (Wildman–Crippen MR) is 86.3 cm³/mol. The molecule has 1 aliphatic rings. The van der Waals surface area contributed by atoms with Crippen LogP contribution in [-0.2, 0) is 4.79 Å². The molecule has 0 saturated carbocycles. The number of hydrogen-bond acceptors (Lipinski definition) is 3. The maximum absolute atomic E-state index is 12.4. The Balaban J connectivity index is 1.94. The standard InChI is InChI=1S/C16H10ClNO2S/c17-12-7-4-8-13(10-12)18-15(19)14(21-16(18)20)9-11-5-2-1-3-6-11/h1-10H. The van der Waals surface area contributed by atoms with E-state index >= 15 is 0 Å². The van der Waals surface area contributed by atoms with Crippen molar-refractivity contribution in [2.24, 2.45) is 0 Å². The van der Waals surface area contributed by atoms with Gasteiger partial charge in [-0.15, -0.1) is 0 Å². The minimum atomic E-state index is -0.323. The average Bonchev–Trinajstić information content (AvgIpc) is 2.74. The number of amides is 2. The SMILES string of the molecule is O=C1SC(=Cc2ccccc2)C(=O)N1c1cccc(Cl)c1. The molecule has 0 atom stereocenters. The molecule has 0 aliphatic carbocycles. The third-order valence-electron chi connectivity index (χ3n) is 2.96. The summed E-state index contributed by atoms with van der Waals surface area (Å²) in [5, 5.41) is 0.169. The third-order valence-corrected chi connectivity index (χ3v) is 4.06. The van der Waals surface area contributed by atoms with Crippen LogP contribution in [0.5, 0.6) is 0 Å². The predicted octanol–water partition coefficient (Wildman–Crippen LogP) is 4.58. The van der Waals surface area contributed by atoms with Crippen LogP contribution < -0.4 is 4.90 Å². The second kappa shape index (κ2) is 5.76. The lowest BCUT2D eigenvalue weighted by molar-refractivity contribution is -0.113. The van der Waals surface area contributed by atoms with E-state index in [1.54, 1.807) is 30.3 Å². The molecule has 0 radical (unpaired) electrons. The van der Waals surface area contributed by atoms with Crippen molar-refractivity contribution in [3.63, 3.8) is 0 Å². The number of hydrogen-bond donors (Lipinski definition) is 0. The number of rotatable bonds is 2. The fraction of sp³-hybridized carbons (Fsp3) is 0. The van der Waals surface area contributed by atoms with Gasteiger partial charge in [0, 0.05) is 5.02 Å². The quantitative estimate of drug-likeness (QED) is 0.761. The number of benzene rings is 2. The van der Waals surface area contributed by atoms with Gasteiger partial charge in [-0.3, -0.25) is 9.59 Å². The molecule has 1 heterocycles. The number of carbonyl (C=O) groups excluding carboxylic acids is 2. The monoisotopic (exact) mass is 315 g/mol. The highest BCUT2D eigenvalue weighted by Gasteiger charge is 2.36. The molecule has 2 amide bonds. The van der Waals surface area contributed by atoms with Gasteiger partial charge >= 0.3 is 0 Å². The van der Waals surface area contributed by atoms with Crippen molar-refractivity contribution in [2.75, 3.05) is 4.90 Å². The van der Waals surface area contributed by atoms with Crippen LogP contribution in [0.4, 0.5) is 10.5 Å². The molecule has 0 N–H and O–H groups in total. The molecule has 1 fully saturated rings. The van der Waals surface area contributed by atoms with Crippen molar-refractivity contribution in [1.29, 1.82) is 0 Å². The second-order valence-electron chi connectivity index (χ2n) is 4.41. The minimum absolute atomic E-state index is 0.315. The van der Waals surface area contributed by atoms with Gasteiger partial charge in [-0.2, -0.15) is 0 Å². The highest BCUT2D eigenvalue weighted by atomic mass is 35.5. The van der Waals surface area contributed by atoms with Crippen molar-refractivity contribution in [3.8, 4) is 0 Å². The number of nitrogens with zero attached hydrogens (tertiary/aromatic N) is 1. The summed E-state index contributed by atoms with van der Waals surface area (Å²) >= 11 is 6.85. The molecular formula is C16H10ClNO2S. The summed E-state index contributed by atoms with van der Waals surface area (Å²) in [6.45, 7) is 0. The zero-order chi connectivity index (χ0) is 14.8. The average molecular weight is 316 g/mol. The van der Waals surface area contributed by atoms with Gasteiger partial charge < -0.3 is 0 Å². The Bertz CT molecular complexity index is 743. The molecular weight excluding hydrogens is 306 g/mol. The molecule has 1 saturated heterocycles. The van der Waals surface area contributed by atoms with Gasteiger partial charge in [0.05, 0.1) is 10.6 Å². The van der Waals surface area contributed by atoms with Crippen molar-refractivity contribution in [2.45, 2.75) is 0 Å². The second-order valence-corrected chi connectivity index (χ2v) is 5.84. The van der Waals surface area contributed by atoms with Crippen molar-refractivity contribution >= 4 is 46.3 Å². The molecule has 2 aromatic rings. The Labute approximate surface area is 131 Å². The Hall–Kier alpha value is -2.04. The summed E-state index contributed by atoms with van der Waals surface area (Å²) in [6.07, 6.45) is 1.72. The summed E-state index contributed by atoms with van der Waals surface area (Å²) in [7, 11) is 0. The van der Waals surface area contributed by atoms with Gasteiger partial charge in [0.1, 0.15) is 0 Å². The molecule has 0 aromatic heterocycles. The molecule has 2 aromatic carbocycles. The van der Waals surface area contributed by atoms with Crippen LogP contribution in [0.15, 0.2) is 59.5 Å². The van der Waals surface area contributed by atoms with E-state index in [0.717, 1.165) is 22.2 Å². The molecule has 3 rings (SSSR count). The van der Waals surface area contributed by atoms with E-state index in [9.17, 15) is 9.59 Å².